The van der Waals surface area contributed by atoms with E-state index < -0.39 is 17.7 Å². The molecule has 37 heavy (non-hydrogen) atoms. The van der Waals surface area contributed by atoms with Gasteiger partial charge in [0.2, 0.25) is 0 Å². The molecule has 0 radical (unpaired) electrons. The van der Waals surface area contributed by atoms with Crippen molar-refractivity contribution in [1.29, 1.82) is 0 Å². The van der Waals surface area contributed by atoms with Crippen molar-refractivity contribution in [2.75, 3.05) is 39.4 Å². The van der Waals surface area contributed by atoms with Gasteiger partial charge in [0, 0.05) is 18.7 Å². The molecule has 0 aliphatic carbocycles. The number of carbonyl (C=O) groups excluding carboxylic acids is 2. The summed E-state index contributed by atoms with van der Waals surface area (Å²) in [5.74, 6) is -0.137. The van der Waals surface area contributed by atoms with Gasteiger partial charge in [-0.25, -0.2) is 0 Å². The maximum absolute atomic E-state index is 13.3. The molecular weight excluding hydrogens is 468 g/mol. The van der Waals surface area contributed by atoms with Crippen LogP contribution < -0.4 is 9.47 Å². The number of ketones is 1. The lowest BCUT2D eigenvalue weighted by Crippen LogP contribution is -2.38. The smallest absolute Gasteiger partial charge is 0.295 e. The van der Waals surface area contributed by atoms with E-state index >= 15 is 0 Å². The van der Waals surface area contributed by atoms with Gasteiger partial charge < -0.3 is 24.4 Å². The number of hydrogen-bond donors (Lipinski definition) is 1. The lowest BCUT2D eigenvalue weighted by molar-refractivity contribution is -0.140. The standard InChI is InChI=1S/C30H38N2O5/c1-5-9-21-37-25-16-12-23(13-17-25)28(33)26-27(22-10-14-24(15-11-22)36-20-6-2)32(30(35)29(26)34)19-18-31(7-3)8-4/h6,10-17,27,33H,2,5,7-9,18-21H2,1,3-4H3. The Hall–Kier alpha value is -3.58. The molecule has 2 aromatic rings. The molecule has 1 fully saturated rings. The Kier molecular flexibility index (Phi) is 10.3. The number of likely N-dealkylation sites (N-methyl/N-ethyl adjacent to an activating group) is 1. The number of nitrogens with zero attached hydrogens (tertiary/aromatic N) is 2. The molecule has 1 saturated heterocycles. The van der Waals surface area contributed by atoms with Crippen molar-refractivity contribution in [2.24, 2.45) is 0 Å². The molecule has 0 saturated carbocycles. The number of ether oxygens (including phenoxy) is 2. The Bertz CT molecular complexity index is 1090. The zero-order valence-electron chi connectivity index (χ0n) is 22.1. The van der Waals surface area contributed by atoms with E-state index in [-0.39, 0.29) is 11.3 Å². The van der Waals surface area contributed by atoms with Crippen LogP contribution >= 0.6 is 0 Å². The fourth-order valence-corrected chi connectivity index (χ4v) is 4.35. The van der Waals surface area contributed by atoms with Gasteiger partial charge in [-0.1, -0.05) is 52.0 Å². The maximum Gasteiger partial charge on any atom is 0.295 e. The van der Waals surface area contributed by atoms with Crippen LogP contribution in [0.4, 0.5) is 0 Å². The number of likely N-dealkylation sites (tertiary alicyclic amines) is 1. The fourth-order valence-electron chi connectivity index (χ4n) is 4.35. The largest absolute Gasteiger partial charge is 0.507 e. The topological polar surface area (TPSA) is 79.3 Å². The Morgan fingerprint density at radius 2 is 1.62 bits per heavy atom. The van der Waals surface area contributed by atoms with Crippen LogP contribution in [0.15, 0.2) is 66.8 Å². The van der Waals surface area contributed by atoms with Crippen molar-refractivity contribution in [1.82, 2.24) is 9.80 Å². The number of rotatable bonds is 14. The van der Waals surface area contributed by atoms with Gasteiger partial charge in [0.05, 0.1) is 18.2 Å². The molecule has 1 atom stereocenters. The Morgan fingerprint density at radius 1 is 1.00 bits per heavy atom. The molecule has 0 bridgehead atoms. The predicted octanol–water partition coefficient (Wildman–Crippen LogP) is 5.19. The van der Waals surface area contributed by atoms with E-state index in [1.807, 2.05) is 12.1 Å². The number of carbonyl (C=O) groups is 2. The molecule has 7 nitrogen and oxygen atoms in total. The first-order valence-electron chi connectivity index (χ1n) is 13.0. The van der Waals surface area contributed by atoms with E-state index in [1.165, 1.54) is 0 Å². The molecule has 3 rings (SSSR count). The minimum atomic E-state index is -0.704. The Morgan fingerprint density at radius 3 is 2.22 bits per heavy atom. The molecule has 2 aromatic carbocycles. The zero-order valence-corrected chi connectivity index (χ0v) is 22.1. The van der Waals surface area contributed by atoms with Gasteiger partial charge in [-0.3, -0.25) is 9.59 Å². The van der Waals surface area contributed by atoms with Crippen molar-refractivity contribution in [2.45, 2.75) is 39.7 Å². The second-order valence-electron chi connectivity index (χ2n) is 8.91. The van der Waals surface area contributed by atoms with Gasteiger partial charge in [-0.15, -0.1) is 0 Å². The lowest BCUT2D eigenvalue weighted by Gasteiger charge is -2.28. The summed E-state index contributed by atoms with van der Waals surface area (Å²) in [5, 5.41) is 11.3. The molecule has 1 N–H and O–H groups in total. The fraction of sp³-hybridized carbons (Fsp3) is 0.400. The minimum Gasteiger partial charge on any atom is -0.507 e. The number of Topliss-reactive ketones (excluding diaryl/α,β-unsaturated/α-hetero) is 1. The molecule has 0 aromatic heterocycles. The summed E-state index contributed by atoms with van der Waals surface area (Å²) in [4.78, 5) is 30.2. The van der Waals surface area contributed by atoms with Crippen LogP contribution in [-0.4, -0.2) is 66.0 Å². The van der Waals surface area contributed by atoms with Gasteiger partial charge in [0.1, 0.15) is 23.9 Å². The summed E-state index contributed by atoms with van der Waals surface area (Å²) in [6, 6.07) is 13.5. The number of aliphatic hydroxyl groups excluding tert-OH is 1. The first-order valence-corrected chi connectivity index (χ1v) is 13.0. The molecule has 7 heteroatoms. The summed E-state index contributed by atoms with van der Waals surface area (Å²) in [6.45, 7) is 13.5. The number of amides is 1. The number of benzene rings is 2. The zero-order chi connectivity index (χ0) is 26.8. The van der Waals surface area contributed by atoms with Crippen LogP contribution in [0.1, 0.15) is 50.8 Å². The highest BCUT2D eigenvalue weighted by atomic mass is 16.5. The van der Waals surface area contributed by atoms with E-state index in [0.717, 1.165) is 31.5 Å². The van der Waals surface area contributed by atoms with Crippen LogP contribution in [0.5, 0.6) is 11.5 Å². The number of unbranched alkanes of at least 4 members (excludes halogenated alkanes) is 1. The van der Waals surface area contributed by atoms with E-state index in [2.05, 4.69) is 32.3 Å². The summed E-state index contributed by atoms with van der Waals surface area (Å²) in [7, 11) is 0. The van der Waals surface area contributed by atoms with Crippen LogP contribution in [0.3, 0.4) is 0 Å². The summed E-state index contributed by atoms with van der Waals surface area (Å²) >= 11 is 0. The van der Waals surface area contributed by atoms with E-state index in [4.69, 9.17) is 9.47 Å². The van der Waals surface area contributed by atoms with Crippen LogP contribution in [-0.2, 0) is 9.59 Å². The van der Waals surface area contributed by atoms with Crippen molar-refractivity contribution >= 4 is 17.4 Å². The highest BCUT2D eigenvalue weighted by Gasteiger charge is 2.46. The molecule has 1 aliphatic rings. The van der Waals surface area contributed by atoms with E-state index in [0.29, 0.717) is 43.4 Å². The highest BCUT2D eigenvalue weighted by molar-refractivity contribution is 6.46. The Labute approximate surface area is 220 Å². The first-order chi connectivity index (χ1) is 17.9. The molecule has 1 amide bonds. The van der Waals surface area contributed by atoms with Crippen molar-refractivity contribution < 1.29 is 24.2 Å². The van der Waals surface area contributed by atoms with Crippen LogP contribution in [0.2, 0.25) is 0 Å². The Balaban J connectivity index is 1.98. The molecule has 198 valence electrons. The molecular formula is C30H38N2O5. The van der Waals surface area contributed by atoms with Crippen LogP contribution in [0, 0.1) is 0 Å². The molecule has 1 unspecified atom stereocenters. The predicted molar refractivity (Wildman–Crippen MR) is 146 cm³/mol. The number of aliphatic hydroxyl groups is 1. The lowest BCUT2D eigenvalue weighted by atomic mass is 9.95. The van der Waals surface area contributed by atoms with Gasteiger partial charge in [0.15, 0.2) is 0 Å². The summed E-state index contributed by atoms with van der Waals surface area (Å²) in [6.07, 6.45) is 3.65. The van der Waals surface area contributed by atoms with Gasteiger partial charge in [0.25, 0.3) is 11.7 Å². The van der Waals surface area contributed by atoms with E-state index in [9.17, 15) is 14.7 Å². The monoisotopic (exact) mass is 506 g/mol. The quantitative estimate of drug-likeness (QED) is 0.125. The van der Waals surface area contributed by atoms with Crippen molar-refractivity contribution in [3.63, 3.8) is 0 Å². The third kappa shape index (κ3) is 6.80. The van der Waals surface area contributed by atoms with Crippen LogP contribution in [0.25, 0.3) is 5.76 Å². The second kappa shape index (κ2) is 13.7. The maximum atomic E-state index is 13.3. The van der Waals surface area contributed by atoms with Crippen molar-refractivity contribution in [3.05, 3.63) is 77.9 Å². The SMILES string of the molecule is C=CCOc1ccc(C2C(=C(O)c3ccc(OCCCC)cc3)C(=O)C(=O)N2CCN(CC)CC)cc1. The van der Waals surface area contributed by atoms with Gasteiger partial charge >= 0.3 is 0 Å². The third-order valence-electron chi connectivity index (χ3n) is 6.55. The third-order valence-corrected chi connectivity index (χ3v) is 6.55. The van der Waals surface area contributed by atoms with Gasteiger partial charge in [-0.05, 0) is 61.5 Å². The number of hydrogen-bond acceptors (Lipinski definition) is 6. The molecule has 1 aliphatic heterocycles. The summed E-state index contributed by atoms with van der Waals surface area (Å²) < 4.78 is 11.3. The molecule has 1 heterocycles. The summed E-state index contributed by atoms with van der Waals surface area (Å²) in [5.41, 5.74) is 1.27. The van der Waals surface area contributed by atoms with Crippen molar-refractivity contribution in [3.8, 4) is 11.5 Å². The average Bonchev–Trinajstić information content (AvgIpc) is 3.18. The first kappa shape index (κ1) is 28.0. The minimum absolute atomic E-state index is 0.0870. The highest BCUT2D eigenvalue weighted by Crippen LogP contribution is 2.40. The van der Waals surface area contributed by atoms with E-state index in [1.54, 1.807) is 47.4 Å². The average molecular weight is 507 g/mol. The van der Waals surface area contributed by atoms with Gasteiger partial charge in [-0.2, -0.15) is 0 Å². The second-order valence-corrected chi connectivity index (χ2v) is 8.91. The molecule has 0 spiro atoms. The normalized spacial score (nSPS) is 16.9.